The fourth-order valence-electron chi connectivity index (χ4n) is 1.43. The minimum absolute atomic E-state index is 0.126. The number of hydrogen-bond acceptors (Lipinski definition) is 1. The van der Waals surface area contributed by atoms with Gasteiger partial charge in [0, 0.05) is 6.42 Å². The fourth-order valence-corrected chi connectivity index (χ4v) is 1.43. The number of hydrogen-bond donors (Lipinski definition) is 1. The molecule has 0 bridgehead atoms. The molecule has 1 aromatic carbocycles. The van der Waals surface area contributed by atoms with E-state index in [9.17, 15) is 9.18 Å². The van der Waals surface area contributed by atoms with E-state index in [4.69, 9.17) is 5.11 Å². The molecule has 0 spiro atoms. The summed E-state index contributed by atoms with van der Waals surface area (Å²) in [5.74, 6) is -0.815. The fraction of sp³-hybridized carbons (Fsp3) is 0.417. The molecule has 82 valence electrons. The van der Waals surface area contributed by atoms with Crippen LogP contribution in [0.1, 0.15) is 37.4 Å². The first kappa shape index (κ1) is 11.7. The van der Waals surface area contributed by atoms with Gasteiger partial charge in [-0.05, 0) is 24.8 Å². The monoisotopic (exact) mass is 210 g/mol. The lowest BCUT2D eigenvalue weighted by Gasteiger charge is -2.07. The van der Waals surface area contributed by atoms with E-state index < -0.39 is 12.1 Å². The highest BCUT2D eigenvalue weighted by molar-refractivity contribution is 5.66. The predicted octanol–water partition coefficient (Wildman–Crippen LogP) is 3.34. The molecule has 0 aromatic heterocycles. The zero-order valence-corrected chi connectivity index (χ0v) is 8.53. The zero-order chi connectivity index (χ0) is 11.1. The third kappa shape index (κ3) is 4.58. The number of alkyl halides is 1. The van der Waals surface area contributed by atoms with Gasteiger partial charge in [-0.15, -0.1) is 0 Å². The van der Waals surface area contributed by atoms with Gasteiger partial charge in [0.15, 0.2) is 0 Å². The van der Waals surface area contributed by atoms with Crippen molar-refractivity contribution in [1.82, 2.24) is 0 Å². The molecule has 0 amide bonds. The first-order chi connectivity index (χ1) is 7.20. The van der Waals surface area contributed by atoms with Crippen molar-refractivity contribution in [2.24, 2.45) is 0 Å². The molecule has 1 atom stereocenters. The first-order valence-corrected chi connectivity index (χ1v) is 5.11. The van der Waals surface area contributed by atoms with Crippen molar-refractivity contribution in [3.05, 3.63) is 35.9 Å². The van der Waals surface area contributed by atoms with Crippen LogP contribution in [0.4, 0.5) is 4.39 Å². The van der Waals surface area contributed by atoms with Gasteiger partial charge in [-0.1, -0.05) is 30.3 Å². The van der Waals surface area contributed by atoms with Gasteiger partial charge in [0.25, 0.3) is 0 Å². The van der Waals surface area contributed by atoms with Crippen molar-refractivity contribution in [2.75, 3.05) is 0 Å². The lowest BCUT2D eigenvalue weighted by Crippen LogP contribution is -1.96. The molecule has 1 unspecified atom stereocenters. The summed E-state index contributed by atoms with van der Waals surface area (Å²) < 4.78 is 13.5. The van der Waals surface area contributed by atoms with E-state index in [2.05, 4.69) is 0 Å². The topological polar surface area (TPSA) is 37.3 Å². The number of carboxylic acids is 1. The quantitative estimate of drug-likeness (QED) is 0.731. The van der Waals surface area contributed by atoms with Gasteiger partial charge in [-0.3, -0.25) is 4.79 Å². The smallest absolute Gasteiger partial charge is 0.303 e. The molecule has 0 aliphatic heterocycles. The van der Waals surface area contributed by atoms with E-state index in [1.165, 1.54) is 0 Å². The Morgan fingerprint density at radius 1 is 1.27 bits per heavy atom. The standard InChI is InChI=1S/C12H15FO2/c13-11(8-4-5-9-12(14)15)10-6-2-1-3-7-10/h1-3,6-7,11H,4-5,8-9H2,(H,14,15). The average molecular weight is 210 g/mol. The van der Waals surface area contributed by atoms with Crippen LogP contribution in [0, 0.1) is 0 Å². The lowest BCUT2D eigenvalue weighted by atomic mass is 10.0. The van der Waals surface area contributed by atoms with E-state index >= 15 is 0 Å². The Kier molecular flexibility index (Phi) is 4.81. The van der Waals surface area contributed by atoms with Crippen LogP contribution in [0.15, 0.2) is 30.3 Å². The van der Waals surface area contributed by atoms with Gasteiger partial charge >= 0.3 is 5.97 Å². The summed E-state index contributed by atoms with van der Waals surface area (Å²) in [7, 11) is 0. The molecule has 0 heterocycles. The largest absolute Gasteiger partial charge is 0.481 e. The van der Waals surface area contributed by atoms with Crippen molar-refractivity contribution in [1.29, 1.82) is 0 Å². The van der Waals surface area contributed by atoms with E-state index in [1.807, 2.05) is 6.07 Å². The second kappa shape index (κ2) is 6.17. The number of carbonyl (C=O) groups is 1. The first-order valence-electron chi connectivity index (χ1n) is 5.11. The molecule has 1 aromatic rings. The minimum atomic E-state index is -0.972. The zero-order valence-electron chi connectivity index (χ0n) is 8.53. The summed E-state index contributed by atoms with van der Waals surface area (Å²) in [4.78, 5) is 10.2. The summed E-state index contributed by atoms with van der Waals surface area (Å²) in [5, 5.41) is 8.40. The maximum absolute atomic E-state index is 13.5. The SMILES string of the molecule is O=C(O)CCCCC(F)c1ccccc1. The lowest BCUT2D eigenvalue weighted by molar-refractivity contribution is -0.137. The maximum Gasteiger partial charge on any atom is 0.303 e. The Morgan fingerprint density at radius 3 is 2.53 bits per heavy atom. The van der Waals surface area contributed by atoms with Crippen LogP contribution in [0.2, 0.25) is 0 Å². The number of benzene rings is 1. The van der Waals surface area contributed by atoms with Gasteiger partial charge < -0.3 is 5.11 Å². The normalized spacial score (nSPS) is 12.3. The van der Waals surface area contributed by atoms with E-state index in [1.54, 1.807) is 24.3 Å². The molecule has 15 heavy (non-hydrogen) atoms. The molecule has 0 fully saturated rings. The summed E-state index contributed by atoms with van der Waals surface area (Å²) in [6, 6.07) is 8.96. The van der Waals surface area contributed by atoms with Crippen molar-refractivity contribution < 1.29 is 14.3 Å². The summed E-state index contributed by atoms with van der Waals surface area (Å²) in [6.07, 6.45) is 0.712. The Morgan fingerprint density at radius 2 is 1.93 bits per heavy atom. The molecule has 1 N–H and O–H groups in total. The molecule has 0 saturated carbocycles. The molecule has 3 heteroatoms. The van der Waals surface area contributed by atoms with Crippen molar-refractivity contribution >= 4 is 5.97 Å². The van der Waals surface area contributed by atoms with Gasteiger partial charge in [-0.2, -0.15) is 0 Å². The Bertz CT molecular complexity index is 298. The highest BCUT2D eigenvalue weighted by Crippen LogP contribution is 2.23. The molecule has 0 saturated heterocycles. The highest BCUT2D eigenvalue weighted by atomic mass is 19.1. The van der Waals surface area contributed by atoms with Crippen molar-refractivity contribution in [3.63, 3.8) is 0 Å². The van der Waals surface area contributed by atoms with Gasteiger partial charge in [0.1, 0.15) is 6.17 Å². The van der Waals surface area contributed by atoms with Crippen LogP contribution >= 0.6 is 0 Å². The Labute approximate surface area is 88.7 Å². The van der Waals surface area contributed by atoms with Gasteiger partial charge in [0.2, 0.25) is 0 Å². The summed E-state index contributed by atoms with van der Waals surface area (Å²) >= 11 is 0. The minimum Gasteiger partial charge on any atom is -0.481 e. The number of rotatable bonds is 6. The van der Waals surface area contributed by atoms with Gasteiger partial charge in [0.05, 0.1) is 0 Å². The molecule has 0 radical (unpaired) electrons. The van der Waals surface area contributed by atoms with Crippen molar-refractivity contribution in [2.45, 2.75) is 31.9 Å². The summed E-state index contributed by atoms with van der Waals surface area (Å²) in [6.45, 7) is 0. The third-order valence-corrected chi connectivity index (χ3v) is 2.26. The molecule has 0 aliphatic rings. The highest BCUT2D eigenvalue weighted by Gasteiger charge is 2.08. The van der Waals surface area contributed by atoms with Crippen LogP contribution < -0.4 is 0 Å². The molecule has 0 aliphatic carbocycles. The third-order valence-electron chi connectivity index (χ3n) is 2.26. The number of unbranched alkanes of at least 4 members (excludes halogenated alkanes) is 1. The molecule has 1 rings (SSSR count). The van der Waals surface area contributed by atoms with Crippen LogP contribution in [-0.2, 0) is 4.79 Å². The van der Waals surface area contributed by atoms with Crippen molar-refractivity contribution in [3.8, 4) is 0 Å². The van der Waals surface area contributed by atoms with Crippen LogP contribution in [0.25, 0.3) is 0 Å². The number of halogens is 1. The van der Waals surface area contributed by atoms with E-state index in [-0.39, 0.29) is 6.42 Å². The second-order valence-electron chi connectivity index (χ2n) is 3.52. The maximum atomic E-state index is 13.5. The van der Waals surface area contributed by atoms with Crippen LogP contribution in [0.5, 0.6) is 0 Å². The summed E-state index contributed by atoms with van der Waals surface area (Å²) in [5.41, 5.74) is 0.674. The van der Waals surface area contributed by atoms with Crippen LogP contribution in [-0.4, -0.2) is 11.1 Å². The Balaban J connectivity index is 2.25. The average Bonchev–Trinajstić information content (AvgIpc) is 2.25. The van der Waals surface area contributed by atoms with E-state index in [0.717, 1.165) is 0 Å². The van der Waals surface area contributed by atoms with E-state index in [0.29, 0.717) is 24.8 Å². The second-order valence-corrected chi connectivity index (χ2v) is 3.52. The number of aliphatic carboxylic acids is 1. The van der Waals surface area contributed by atoms with Crippen LogP contribution in [0.3, 0.4) is 0 Å². The Hall–Kier alpha value is -1.38. The van der Waals surface area contributed by atoms with Gasteiger partial charge in [-0.25, -0.2) is 4.39 Å². The molecule has 2 nitrogen and oxygen atoms in total. The molecular formula is C12H15FO2. The molecular weight excluding hydrogens is 195 g/mol. The predicted molar refractivity (Wildman–Crippen MR) is 56.4 cm³/mol. The number of carboxylic acid groups (broad SMARTS) is 1.